The number of nitrogens with one attached hydrogen (secondary N) is 1. The second kappa shape index (κ2) is 9.96. The molecule has 2 rings (SSSR count). The Hall–Kier alpha value is -1.77. The number of halogens is 5. The van der Waals surface area contributed by atoms with Gasteiger partial charge in [-0.1, -0.05) is 0 Å². The first-order chi connectivity index (χ1) is 11.6. The zero-order valence-electron chi connectivity index (χ0n) is 15.2. The van der Waals surface area contributed by atoms with Crippen LogP contribution in [0.4, 0.5) is 18.9 Å². The molecule has 1 amide bonds. The Morgan fingerprint density at radius 3 is 2.33 bits per heavy atom. The maximum Gasteiger partial charge on any atom is 0.416 e. The quantitative estimate of drug-likeness (QED) is 0.760. The average Bonchev–Trinajstić information content (AvgIpc) is 2.76. The fraction of sp³-hybridized carbons (Fsp3) is 0.412. The van der Waals surface area contributed by atoms with E-state index >= 15 is 0 Å². The largest absolute Gasteiger partial charge is 0.416 e. The molecule has 0 atom stereocenters. The summed E-state index contributed by atoms with van der Waals surface area (Å²) in [6.07, 6.45) is -3.86. The van der Waals surface area contributed by atoms with Crippen LogP contribution in [0.25, 0.3) is 0 Å². The van der Waals surface area contributed by atoms with Gasteiger partial charge in [-0.15, -0.1) is 24.8 Å². The Labute approximate surface area is 168 Å². The number of alkyl halides is 3. The van der Waals surface area contributed by atoms with Gasteiger partial charge < -0.3 is 11.1 Å². The van der Waals surface area contributed by atoms with Crippen LogP contribution in [0.5, 0.6) is 0 Å². The summed E-state index contributed by atoms with van der Waals surface area (Å²) in [7, 11) is 1.82. The molecule has 5 nitrogen and oxygen atoms in total. The fourth-order valence-electron chi connectivity index (χ4n) is 2.69. The van der Waals surface area contributed by atoms with Gasteiger partial charge in [-0.3, -0.25) is 9.48 Å². The molecule has 1 aromatic carbocycles. The molecule has 0 saturated heterocycles. The van der Waals surface area contributed by atoms with Crippen molar-refractivity contribution in [1.29, 1.82) is 0 Å². The van der Waals surface area contributed by atoms with E-state index in [0.29, 0.717) is 12.0 Å². The summed E-state index contributed by atoms with van der Waals surface area (Å²) in [5.41, 5.74) is 7.81. The molecule has 27 heavy (non-hydrogen) atoms. The molecule has 0 spiro atoms. The number of carbonyl (C=O) groups excluding carboxylic acids is 1. The van der Waals surface area contributed by atoms with Crippen molar-refractivity contribution in [1.82, 2.24) is 9.78 Å². The van der Waals surface area contributed by atoms with Crippen LogP contribution in [0.2, 0.25) is 0 Å². The van der Waals surface area contributed by atoms with Crippen LogP contribution in [0.3, 0.4) is 0 Å². The minimum absolute atomic E-state index is 0. The van der Waals surface area contributed by atoms with Gasteiger partial charge in [0.1, 0.15) is 0 Å². The van der Waals surface area contributed by atoms with E-state index in [-0.39, 0.29) is 49.4 Å². The lowest BCUT2D eigenvalue weighted by atomic mass is 10.1. The molecule has 0 radical (unpaired) electrons. The Balaban J connectivity index is 0.00000338. The lowest BCUT2D eigenvalue weighted by Crippen LogP contribution is -2.15. The molecule has 0 aliphatic rings. The third kappa shape index (κ3) is 6.41. The van der Waals surface area contributed by atoms with Gasteiger partial charge >= 0.3 is 6.18 Å². The Morgan fingerprint density at radius 1 is 1.22 bits per heavy atom. The van der Waals surface area contributed by atoms with Gasteiger partial charge in [0.15, 0.2) is 0 Å². The molecular weight excluding hydrogens is 404 g/mol. The van der Waals surface area contributed by atoms with Crippen molar-refractivity contribution in [2.24, 2.45) is 12.8 Å². The van der Waals surface area contributed by atoms with Crippen molar-refractivity contribution in [2.75, 3.05) is 5.32 Å². The van der Waals surface area contributed by atoms with Gasteiger partial charge in [-0.05, 0) is 49.6 Å². The summed E-state index contributed by atoms with van der Waals surface area (Å²) >= 11 is 0. The molecule has 1 heterocycles. The van der Waals surface area contributed by atoms with Crippen LogP contribution in [0.15, 0.2) is 18.2 Å². The predicted octanol–water partition coefficient (Wildman–Crippen LogP) is 3.93. The van der Waals surface area contributed by atoms with Crippen LogP contribution in [-0.2, 0) is 31.0 Å². The number of nitrogens with two attached hydrogens (primary N) is 1. The highest BCUT2D eigenvalue weighted by molar-refractivity contribution is 5.91. The Kier molecular flexibility index (Phi) is 9.31. The van der Waals surface area contributed by atoms with Crippen molar-refractivity contribution in [3.63, 3.8) is 0 Å². The molecule has 3 N–H and O–H groups in total. The van der Waals surface area contributed by atoms with Crippen molar-refractivity contribution in [2.45, 2.75) is 39.4 Å². The first kappa shape index (κ1) is 25.2. The van der Waals surface area contributed by atoms with E-state index in [1.54, 1.807) is 4.68 Å². The van der Waals surface area contributed by atoms with Gasteiger partial charge in [0, 0.05) is 31.4 Å². The SMILES string of the molecule is Cc1nn(C)c(C)c1CCC(=O)Nc1cc(CN)cc(C(F)(F)F)c1.Cl.Cl. The number of amides is 1. The van der Waals surface area contributed by atoms with Crippen molar-refractivity contribution >= 4 is 36.4 Å². The molecule has 10 heteroatoms. The minimum atomic E-state index is -4.49. The van der Waals surface area contributed by atoms with Crippen LogP contribution in [0.1, 0.15) is 34.5 Å². The highest BCUT2D eigenvalue weighted by Gasteiger charge is 2.31. The summed E-state index contributed by atoms with van der Waals surface area (Å²) in [5, 5.41) is 6.80. The smallest absolute Gasteiger partial charge is 0.326 e. The third-order valence-corrected chi connectivity index (χ3v) is 4.10. The zero-order chi connectivity index (χ0) is 18.8. The minimum Gasteiger partial charge on any atom is -0.326 e. The lowest BCUT2D eigenvalue weighted by molar-refractivity contribution is -0.137. The normalized spacial score (nSPS) is 10.8. The summed E-state index contributed by atoms with van der Waals surface area (Å²) in [6, 6.07) is 3.35. The van der Waals surface area contributed by atoms with Crippen LogP contribution in [0, 0.1) is 13.8 Å². The average molecular weight is 427 g/mol. The van der Waals surface area contributed by atoms with Gasteiger partial charge in [0.2, 0.25) is 5.91 Å². The van der Waals surface area contributed by atoms with Gasteiger partial charge in [-0.2, -0.15) is 18.3 Å². The van der Waals surface area contributed by atoms with Crippen molar-refractivity contribution in [3.8, 4) is 0 Å². The molecule has 0 unspecified atom stereocenters. The molecule has 0 aliphatic carbocycles. The molecule has 0 fully saturated rings. The summed E-state index contributed by atoms with van der Waals surface area (Å²) in [5.74, 6) is -0.357. The number of aryl methyl sites for hydroxylation is 2. The lowest BCUT2D eigenvalue weighted by Gasteiger charge is -2.12. The van der Waals surface area contributed by atoms with Crippen LogP contribution in [-0.4, -0.2) is 15.7 Å². The van der Waals surface area contributed by atoms with Gasteiger partial charge in [-0.25, -0.2) is 0 Å². The summed E-state index contributed by atoms with van der Waals surface area (Å²) in [4.78, 5) is 12.1. The standard InChI is InChI=1S/C17H21F3N4O.2ClH/c1-10-15(11(2)24(3)23-10)4-5-16(25)22-14-7-12(9-21)6-13(8-14)17(18,19)20;;/h6-8H,4-5,9,21H2,1-3H3,(H,22,25);2*1H. The topological polar surface area (TPSA) is 72.9 Å². The number of hydrogen-bond acceptors (Lipinski definition) is 3. The van der Waals surface area contributed by atoms with Crippen molar-refractivity contribution in [3.05, 3.63) is 46.3 Å². The second-order valence-electron chi connectivity index (χ2n) is 5.94. The highest BCUT2D eigenvalue weighted by atomic mass is 35.5. The van der Waals surface area contributed by atoms with E-state index in [9.17, 15) is 18.0 Å². The van der Waals surface area contributed by atoms with E-state index in [1.165, 1.54) is 6.07 Å². The van der Waals surface area contributed by atoms with Crippen LogP contribution < -0.4 is 11.1 Å². The molecule has 1 aromatic heterocycles. The van der Waals surface area contributed by atoms with E-state index in [0.717, 1.165) is 29.1 Å². The monoisotopic (exact) mass is 426 g/mol. The highest BCUT2D eigenvalue weighted by Crippen LogP contribution is 2.32. The van der Waals surface area contributed by atoms with Gasteiger partial charge in [0.25, 0.3) is 0 Å². The molecular formula is C17H23Cl2F3N4O. The first-order valence-corrected chi connectivity index (χ1v) is 7.82. The molecule has 0 bridgehead atoms. The number of nitrogens with zero attached hydrogens (tertiary/aromatic N) is 2. The summed E-state index contributed by atoms with van der Waals surface area (Å²) in [6.45, 7) is 3.73. The first-order valence-electron chi connectivity index (χ1n) is 7.82. The summed E-state index contributed by atoms with van der Waals surface area (Å²) < 4.78 is 40.5. The number of aromatic nitrogens is 2. The van der Waals surface area contributed by atoms with E-state index in [4.69, 9.17) is 5.73 Å². The predicted molar refractivity (Wildman–Crippen MR) is 103 cm³/mol. The molecule has 0 aliphatic heterocycles. The van der Waals surface area contributed by atoms with E-state index < -0.39 is 11.7 Å². The Bertz CT molecular complexity index is 791. The zero-order valence-corrected chi connectivity index (χ0v) is 16.8. The maximum absolute atomic E-state index is 12.9. The number of carbonyl (C=O) groups is 1. The molecule has 152 valence electrons. The second-order valence-corrected chi connectivity index (χ2v) is 5.94. The number of hydrogen-bond donors (Lipinski definition) is 2. The van der Waals surface area contributed by atoms with Crippen LogP contribution >= 0.6 is 24.8 Å². The number of rotatable bonds is 5. The number of benzene rings is 1. The van der Waals surface area contributed by atoms with E-state index in [1.807, 2.05) is 20.9 Å². The maximum atomic E-state index is 12.9. The number of anilines is 1. The molecule has 0 saturated carbocycles. The van der Waals surface area contributed by atoms with Gasteiger partial charge in [0.05, 0.1) is 11.3 Å². The molecule has 2 aromatic rings. The van der Waals surface area contributed by atoms with Crippen molar-refractivity contribution < 1.29 is 18.0 Å². The third-order valence-electron chi connectivity index (χ3n) is 4.10. The Morgan fingerprint density at radius 2 is 1.85 bits per heavy atom. The van der Waals surface area contributed by atoms with E-state index in [2.05, 4.69) is 10.4 Å². The fourth-order valence-corrected chi connectivity index (χ4v) is 2.69.